The Kier molecular flexibility index (Phi) is 4.65. The van der Waals surface area contributed by atoms with Gasteiger partial charge in [-0.1, -0.05) is 22.6 Å². The summed E-state index contributed by atoms with van der Waals surface area (Å²) in [5.41, 5.74) is 0. The van der Waals surface area contributed by atoms with E-state index in [1.165, 1.54) is 0 Å². The maximum atomic E-state index is 11.1. The van der Waals surface area contributed by atoms with E-state index in [1.54, 1.807) is 0 Å². The molecule has 1 saturated heterocycles. The van der Waals surface area contributed by atoms with E-state index in [-0.39, 0.29) is 29.7 Å². The summed E-state index contributed by atoms with van der Waals surface area (Å²) in [6.45, 7) is -0.362. The van der Waals surface area contributed by atoms with Gasteiger partial charge in [0.05, 0.1) is 4.43 Å². The van der Waals surface area contributed by atoms with Gasteiger partial charge in [-0.2, -0.15) is 0 Å². The Balaban J connectivity index is 2.36. The van der Waals surface area contributed by atoms with Crippen LogP contribution in [-0.2, 0) is 24.0 Å². The summed E-state index contributed by atoms with van der Waals surface area (Å²) in [5, 5.41) is 2.71. The monoisotopic (exact) mass is 340 g/mol. The van der Waals surface area contributed by atoms with E-state index in [2.05, 4.69) is 10.2 Å². The lowest BCUT2D eigenvalue weighted by Gasteiger charge is -2.12. The average Bonchev–Trinajstić information content (AvgIpc) is 2.57. The zero-order chi connectivity index (χ0) is 12.1. The van der Waals surface area contributed by atoms with Crippen molar-refractivity contribution < 1.29 is 24.0 Å². The number of halogens is 1. The second-order valence-corrected chi connectivity index (χ2v) is 3.72. The highest BCUT2D eigenvalue weighted by molar-refractivity contribution is 14.1. The molecule has 7 nitrogen and oxygen atoms in total. The van der Waals surface area contributed by atoms with Crippen LogP contribution >= 0.6 is 22.6 Å². The summed E-state index contributed by atoms with van der Waals surface area (Å²) in [6.07, 6.45) is 0.0957. The molecule has 0 aliphatic carbocycles. The zero-order valence-electron chi connectivity index (χ0n) is 8.19. The van der Waals surface area contributed by atoms with E-state index in [0.29, 0.717) is 5.06 Å². The topological polar surface area (TPSA) is 92.8 Å². The first-order valence-electron chi connectivity index (χ1n) is 4.44. The highest BCUT2D eigenvalue weighted by Gasteiger charge is 2.32. The van der Waals surface area contributed by atoms with Crippen molar-refractivity contribution >= 4 is 46.3 Å². The normalized spacial score (nSPS) is 15.2. The molecule has 1 fully saturated rings. The molecule has 3 amide bonds. The van der Waals surface area contributed by atoms with Crippen molar-refractivity contribution in [3.63, 3.8) is 0 Å². The predicted molar refractivity (Wildman–Crippen MR) is 59.1 cm³/mol. The van der Waals surface area contributed by atoms with Crippen LogP contribution in [0, 0.1) is 0 Å². The smallest absolute Gasteiger partial charge is 0.344 e. The van der Waals surface area contributed by atoms with Gasteiger partial charge in [0.15, 0.2) is 0 Å². The molecule has 0 aromatic rings. The van der Waals surface area contributed by atoms with Crippen molar-refractivity contribution in [2.75, 3.05) is 11.0 Å². The zero-order valence-corrected chi connectivity index (χ0v) is 10.4. The van der Waals surface area contributed by atoms with Crippen LogP contribution < -0.4 is 5.32 Å². The number of nitrogens with one attached hydrogen (secondary N) is 1. The van der Waals surface area contributed by atoms with Crippen LogP contribution in [0.3, 0.4) is 0 Å². The number of hydrogen-bond donors (Lipinski definition) is 1. The van der Waals surface area contributed by atoms with Gasteiger partial charge in [-0.15, -0.1) is 5.06 Å². The summed E-state index contributed by atoms with van der Waals surface area (Å²) in [4.78, 5) is 48.5. The Labute approximate surface area is 105 Å². The van der Waals surface area contributed by atoms with Crippen molar-refractivity contribution in [3.05, 3.63) is 0 Å². The van der Waals surface area contributed by atoms with Gasteiger partial charge in [0.2, 0.25) is 5.91 Å². The molecule has 1 rings (SSSR count). The predicted octanol–water partition coefficient (Wildman–Crippen LogP) is -0.855. The highest BCUT2D eigenvalue weighted by atomic mass is 127. The summed E-state index contributed by atoms with van der Waals surface area (Å²) >= 11 is 1.83. The molecule has 0 unspecified atom stereocenters. The van der Waals surface area contributed by atoms with Crippen molar-refractivity contribution in [3.8, 4) is 0 Å². The fraction of sp³-hybridized carbons (Fsp3) is 0.500. The molecule has 0 aromatic carbocycles. The first kappa shape index (κ1) is 12.9. The molecule has 8 heteroatoms. The second kappa shape index (κ2) is 5.77. The van der Waals surface area contributed by atoms with Gasteiger partial charge in [0.25, 0.3) is 11.8 Å². The Morgan fingerprint density at radius 2 is 1.88 bits per heavy atom. The summed E-state index contributed by atoms with van der Waals surface area (Å²) < 4.78 is 0.215. The van der Waals surface area contributed by atoms with Crippen molar-refractivity contribution in [1.82, 2.24) is 10.4 Å². The fourth-order valence-corrected chi connectivity index (χ4v) is 1.28. The Hall–Kier alpha value is -1.19. The lowest BCUT2D eigenvalue weighted by molar-refractivity contribution is -0.196. The molecule has 1 aliphatic heterocycles. The van der Waals surface area contributed by atoms with Gasteiger partial charge < -0.3 is 10.2 Å². The Bertz CT molecular complexity index is 327. The minimum Gasteiger partial charge on any atom is -0.344 e. The van der Waals surface area contributed by atoms with E-state index in [1.807, 2.05) is 22.6 Å². The SMILES string of the molecule is O=C(CI)NCC(=O)ON1C(=O)CCC1=O. The third-order valence-corrected chi connectivity index (χ3v) is 2.44. The van der Waals surface area contributed by atoms with Gasteiger partial charge >= 0.3 is 5.97 Å². The molecule has 1 aliphatic rings. The van der Waals surface area contributed by atoms with Gasteiger partial charge in [-0.05, 0) is 0 Å². The van der Waals surface area contributed by atoms with Crippen LogP contribution in [0.4, 0.5) is 0 Å². The van der Waals surface area contributed by atoms with Crippen molar-refractivity contribution in [2.24, 2.45) is 0 Å². The number of hydrogen-bond acceptors (Lipinski definition) is 5. The molecular weight excluding hydrogens is 331 g/mol. The maximum Gasteiger partial charge on any atom is 0.352 e. The molecule has 1 N–H and O–H groups in total. The number of amides is 3. The van der Waals surface area contributed by atoms with E-state index in [9.17, 15) is 19.2 Å². The number of alkyl halides is 1. The van der Waals surface area contributed by atoms with Gasteiger partial charge in [0, 0.05) is 12.8 Å². The molecule has 0 radical (unpaired) electrons. The first-order chi connectivity index (χ1) is 7.54. The summed E-state index contributed by atoms with van der Waals surface area (Å²) in [5.74, 6) is -2.25. The van der Waals surface area contributed by atoms with E-state index in [0.717, 1.165) is 0 Å². The molecule has 0 bridgehead atoms. The van der Waals surface area contributed by atoms with Crippen LogP contribution in [0.25, 0.3) is 0 Å². The quantitative estimate of drug-likeness (QED) is 0.409. The maximum absolute atomic E-state index is 11.1. The Morgan fingerprint density at radius 1 is 1.31 bits per heavy atom. The number of carbonyl (C=O) groups is 4. The number of rotatable bonds is 4. The molecule has 0 saturated carbocycles. The van der Waals surface area contributed by atoms with Crippen molar-refractivity contribution in [2.45, 2.75) is 12.8 Å². The number of hydroxylamine groups is 2. The minimum atomic E-state index is -0.846. The van der Waals surface area contributed by atoms with Crippen LogP contribution in [0.5, 0.6) is 0 Å². The number of imide groups is 1. The van der Waals surface area contributed by atoms with Gasteiger partial charge in [0.1, 0.15) is 6.54 Å². The molecule has 0 atom stereocenters. The van der Waals surface area contributed by atoms with Crippen molar-refractivity contribution in [1.29, 1.82) is 0 Å². The summed E-state index contributed by atoms with van der Waals surface area (Å²) in [6, 6.07) is 0. The van der Waals surface area contributed by atoms with Crippen LogP contribution in [0.1, 0.15) is 12.8 Å². The fourth-order valence-electron chi connectivity index (χ4n) is 1.01. The van der Waals surface area contributed by atoms with E-state index < -0.39 is 17.8 Å². The first-order valence-corrected chi connectivity index (χ1v) is 5.96. The average molecular weight is 340 g/mol. The second-order valence-electron chi connectivity index (χ2n) is 2.96. The van der Waals surface area contributed by atoms with Crippen LogP contribution in [-0.4, -0.2) is 39.7 Å². The van der Waals surface area contributed by atoms with E-state index in [4.69, 9.17) is 0 Å². The molecular formula is C8H9IN2O5. The number of carbonyl (C=O) groups excluding carboxylic acids is 4. The largest absolute Gasteiger partial charge is 0.352 e. The van der Waals surface area contributed by atoms with Crippen LogP contribution in [0.15, 0.2) is 0 Å². The molecule has 16 heavy (non-hydrogen) atoms. The van der Waals surface area contributed by atoms with Crippen LogP contribution in [0.2, 0.25) is 0 Å². The minimum absolute atomic E-state index is 0.0478. The molecule has 1 heterocycles. The Morgan fingerprint density at radius 3 is 2.38 bits per heavy atom. The standard InChI is InChI=1S/C8H9IN2O5/c9-3-5(12)10-4-8(15)16-11-6(13)1-2-7(11)14/h1-4H2,(H,10,12). The highest BCUT2D eigenvalue weighted by Crippen LogP contribution is 2.11. The van der Waals surface area contributed by atoms with Gasteiger partial charge in [-0.25, -0.2) is 4.79 Å². The lowest BCUT2D eigenvalue weighted by atomic mass is 10.4. The lowest BCUT2D eigenvalue weighted by Crippen LogP contribution is -2.37. The molecule has 88 valence electrons. The van der Waals surface area contributed by atoms with Gasteiger partial charge in [-0.3, -0.25) is 14.4 Å². The third-order valence-electron chi connectivity index (χ3n) is 1.75. The molecule has 0 spiro atoms. The summed E-state index contributed by atoms with van der Waals surface area (Å²) in [7, 11) is 0. The number of nitrogens with zero attached hydrogens (tertiary/aromatic N) is 1. The molecule has 0 aromatic heterocycles. The van der Waals surface area contributed by atoms with E-state index >= 15 is 0 Å². The third kappa shape index (κ3) is 3.43.